The van der Waals surface area contributed by atoms with Crippen LogP contribution >= 0.6 is 0 Å². The predicted molar refractivity (Wildman–Crippen MR) is 67.6 cm³/mol. The fraction of sp³-hybridized carbons (Fsp3) is 0.200. The third-order valence-corrected chi connectivity index (χ3v) is 3.45. The Hall–Kier alpha value is -1.90. The van der Waals surface area contributed by atoms with Crippen LogP contribution in [0.25, 0.3) is 0 Å². The van der Waals surface area contributed by atoms with E-state index >= 15 is 0 Å². The second-order valence-electron chi connectivity index (χ2n) is 4.68. The Bertz CT molecular complexity index is 607. The molecule has 0 aliphatic carbocycles. The molecule has 1 aliphatic rings. The van der Waals surface area contributed by atoms with Gasteiger partial charge >= 0.3 is 0 Å². The van der Waals surface area contributed by atoms with Crippen molar-refractivity contribution in [2.24, 2.45) is 0 Å². The minimum atomic E-state index is -0.801. The van der Waals surface area contributed by atoms with Gasteiger partial charge in [0.1, 0.15) is 0 Å². The van der Waals surface area contributed by atoms with E-state index in [0.29, 0.717) is 0 Å². The van der Waals surface area contributed by atoms with Crippen molar-refractivity contribution in [3.05, 3.63) is 64.7 Å². The van der Waals surface area contributed by atoms with Gasteiger partial charge in [0.15, 0.2) is 11.6 Å². The maximum atomic E-state index is 13.2. The average molecular weight is 245 g/mol. The molecule has 3 heteroatoms. The van der Waals surface area contributed by atoms with Gasteiger partial charge < -0.3 is 5.32 Å². The lowest BCUT2D eigenvalue weighted by molar-refractivity contribution is 0.506. The van der Waals surface area contributed by atoms with Crippen LogP contribution < -0.4 is 5.32 Å². The molecule has 2 aromatic rings. The quantitative estimate of drug-likeness (QED) is 0.801. The number of hydrogen-bond donors (Lipinski definition) is 1. The first kappa shape index (κ1) is 11.2. The zero-order valence-electron chi connectivity index (χ0n) is 10.0. The molecule has 3 rings (SSSR count). The molecule has 0 aromatic heterocycles. The van der Waals surface area contributed by atoms with Crippen molar-refractivity contribution in [1.29, 1.82) is 0 Å². The van der Waals surface area contributed by atoms with E-state index in [4.69, 9.17) is 0 Å². The number of halogens is 2. The Morgan fingerprint density at radius 3 is 2.67 bits per heavy atom. The number of rotatable bonds is 1. The highest BCUT2D eigenvalue weighted by molar-refractivity contribution is 5.62. The van der Waals surface area contributed by atoms with Crippen molar-refractivity contribution >= 4 is 5.69 Å². The van der Waals surface area contributed by atoms with E-state index in [-0.39, 0.29) is 6.04 Å². The first-order chi connectivity index (χ1) is 8.65. The van der Waals surface area contributed by atoms with Crippen LogP contribution in [-0.4, -0.2) is 0 Å². The number of nitrogens with one attached hydrogen (secondary N) is 1. The third-order valence-electron chi connectivity index (χ3n) is 3.45. The van der Waals surface area contributed by atoms with Crippen molar-refractivity contribution in [3.63, 3.8) is 0 Å². The van der Waals surface area contributed by atoms with Gasteiger partial charge in [0.2, 0.25) is 0 Å². The Morgan fingerprint density at radius 2 is 1.94 bits per heavy atom. The summed E-state index contributed by atoms with van der Waals surface area (Å²) in [7, 11) is 0. The SMILES string of the molecule is Cc1cccc2c1NC(c1ccc(F)c(F)c1)C2. The van der Waals surface area contributed by atoms with E-state index < -0.39 is 11.6 Å². The second-order valence-corrected chi connectivity index (χ2v) is 4.68. The number of hydrogen-bond acceptors (Lipinski definition) is 1. The summed E-state index contributed by atoms with van der Waals surface area (Å²) in [5.41, 5.74) is 4.30. The van der Waals surface area contributed by atoms with Crippen molar-refractivity contribution in [2.45, 2.75) is 19.4 Å². The minimum absolute atomic E-state index is 0.0243. The van der Waals surface area contributed by atoms with E-state index in [1.54, 1.807) is 6.07 Å². The average Bonchev–Trinajstić information content (AvgIpc) is 2.78. The summed E-state index contributed by atoms with van der Waals surface area (Å²) < 4.78 is 26.2. The molecule has 1 aliphatic heterocycles. The lowest BCUT2D eigenvalue weighted by atomic mass is 10.0. The van der Waals surface area contributed by atoms with Gasteiger partial charge in [-0.15, -0.1) is 0 Å². The summed E-state index contributed by atoms with van der Waals surface area (Å²) in [4.78, 5) is 0. The van der Waals surface area contributed by atoms with Crippen molar-refractivity contribution in [1.82, 2.24) is 0 Å². The number of fused-ring (bicyclic) bond motifs is 1. The number of anilines is 1. The standard InChI is InChI=1S/C15H13F2N/c1-9-3-2-4-11-8-14(18-15(9)11)10-5-6-12(16)13(17)7-10/h2-7,14,18H,8H2,1H3. The Kier molecular flexibility index (Phi) is 2.54. The first-order valence-corrected chi connectivity index (χ1v) is 5.95. The zero-order valence-corrected chi connectivity index (χ0v) is 10.0. The number of aryl methyl sites for hydroxylation is 1. The molecular weight excluding hydrogens is 232 g/mol. The molecule has 1 unspecified atom stereocenters. The molecular formula is C15H13F2N. The van der Waals surface area contributed by atoms with Crippen LogP contribution in [-0.2, 0) is 6.42 Å². The lowest BCUT2D eigenvalue weighted by Gasteiger charge is -2.12. The van der Waals surface area contributed by atoms with Crippen LogP contribution in [0.5, 0.6) is 0 Å². The maximum Gasteiger partial charge on any atom is 0.159 e. The molecule has 0 saturated carbocycles. The summed E-state index contributed by atoms with van der Waals surface area (Å²) in [6.45, 7) is 2.04. The molecule has 0 saturated heterocycles. The van der Waals surface area contributed by atoms with Crippen molar-refractivity contribution in [3.8, 4) is 0 Å². The zero-order chi connectivity index (χ0) is 12.7. The number of benzene rings is 2. The van der Waals surface area contributed by atoms with Gasteiger partial charge in [0, 0.05) is 5.69 Å². The molecule has 18 heavy (non-hydrogen) atoms. The van der Waals surface area contributed by atoms with Crippen LogP contribution in [0.15, 0.2) is 36.4 Å². The van der Waals surface area contributed by atoms with Gasteiger partial charge in [-0.3, -0.25) is 0 Å². The summed E-state index contributed by atoms with van der Waals surface area (Å²) in [6, 6.07) is 10.2. The molecule has 1 nitrogen and oxygen atoms in total. The van der Waals surface area contributed by atoms with Crippen LogP contribution in [0, 0.1) is 18.6 Å². The highest BCUT2D eigenvalue weighted by atomic mass is 19.2. The Labute approximate surface area is 104 Å². The summed E-state index contributed by atoms with van der Waals surface area (Å²) in [5.74, 6) is -1.59. The van der Waals surface area contributed by atoms with Crippen LogP contribution in [0.1, 0.15) is 22.7 Å². The Balaban J connectivity index is 1.94. The van der Waals surface area contributed by atoms with E-state index in [1.165, 1.54) is 23.3 Å². The molecule has 0 bridgehead atoms. The molecule has 0 fully saturated rings. The van der Waals surface area contributed by atoms with E-state index in [2.05, 4.69) is 11.4 Å². The van der Waals surface area contributed by atoms with Gasteiger partial charge in [-0.2, -0.15) is 0 Å². The monoisotopic (exact) mass is 245 g/mol. The first-order valence-electron chi connectivity index (χ1n) is 5.95. The van der Waals surface area contributed by atoms with E-state index in [1.807, 2.05) is 19.1 Å². The largest absolute Gasteiger partial charge is 0.377 e. The molecule has 0 amide bonds. The summed E-state index contributed by atoms with van der Waals surface area (Å²) >= 11 is 0. The maximum absolute atomic E-state index is 13.2. The summed E-state index contributed by atoms with van der Waals surface area (Å²) in [5, 5.41) is 3.38. The Morgan fingerprint density at radius 1 is 1.11 bits per heavy atom. The second kappa shape index (κ2) is 4.09. The molecule has 1 N–H and O–H groups in total. The van der Waals surface area contributed by atoms with E-state index in [0.717, 1.165) is 17.7 Å². The van der Waals surface area contributed by atoms with Crippen molar-refractivity contribution in [2.75, 3.05) is 5.32 Å². The fourth-order valence-electron chi connectivity index (χ4n) is 2.48. The molecule has 2 aromatic carbocycles. The molecule has 92 valence electrons. The van der Waals surface area contributed by atoms with Crippen LogP contribution in [0.4, 0.5) is 14.5 Å². The predicted octanol–water partition coefficient (Wildman–Crippen LogP) is 3.98. The van der Waals surface area contributed by atoms with Gasteiger partial charge in [-0.1, -0.05) is 24.3 Å². The van der Waals surface area contributed by atoms with Gasteiger partial charge in [0.25, 0.3) is 0 Å². The lowest BCUT2D eigenvalue weighted by Crippen LogP contribution is -2.06. The third kappa shape index (κ3) is 1.76. The van der Waals surface area contributed by atoms with Crippen molar-refractivity contribution < 1.29 is 8.78 Å². The molecule has 1 atom stereocenters. The smallest absolute Gasteiger partial charge is 0.159 e. The highest BCUT2D eigenvalue weighted by Gasteiger charge is 2.23. The van der Waals surface area contributed by atoms with Gasteiger partial charge in [-0.05, 0) is 42.2 Å². The number of para-hydroxylation sites is 1. The molecule has 0 radical (unpaired) electrons. The summed E-state index contributed by atoms with van der Waals surface area (Å²) in [6.07, 6.45) is 0.808. The topological polar surface area (TPSA) is 12.0 Å². The molecule has 0 spiro atoms. The molecule has 1 heterocycles. The van der Waals surface area contributed by atoms with E-state index in [9.17, 15) is 8.78 Å². The normalized spacial score (nSPS) is 17.4. The fourth-order valence-corrected chi connectivity index (χ4v) is 2.48. The van der Waals surface area contributed by atoms with Crippen LogP contribution in [0.3, 0.4) is 0 Å². The minimum Gasteiger partial charge on any atom is -0.377 e. The van der Waals surface area contributed by atoms with Gasteiger partial charge in [0.05, 0.1) is 6.04 Å². The highest BCUT2D eigenvalue weighted by Crippen LogP contribution is 2.36. The van der Waals surface area contributed by atoms with Crippen LogP contribution in [0.2, 0.25) is 0 Å². The van der Waals surface area contributed by atoms with Gasteiger partial charge in [-0.25, -0.2) is 8.78 Å².